The van der Waals surface area contributed by atoms with Crippen LogP contribution >= 0.6 is 11.8 Å². The Labute approximate surface area is 99.2 Å². The molecule has 0 heterocycles. The van der Waals surface area contributed by atoms with Gasteiger partial charge in [-0.15, -0.1) is 0 Å². The molecule has 86 valence electrons. The minimum absolute atomic E-state index is 0.401. The summed E-state index contributed by atoms with van der Waals surface area (Å²) in [6, 6.07) is 6.92. The van der Waals surface area contributed by atoms with E-state index in [9.17, 15) is 9.59 Å². The molecule has 0 saturated carbocycles. The Morgan fingerprint density at radius 2 is 1.94 bits per heavy atom. The van der Waals surface area contributed by atoms with Gasteiger partial charge in [0.25, 0.3) is 0 Å². The number of carbonyl (C=O) groups is 2. The maximum atomic E-state index is 11.5. The summed E-state index contributed by atoms with van der Waals surface area (Å²) in [5.41, 5.74) is -0.0152. The molecule has 0 bridgehead atoms. The summed E-state index contributed by atoms with van der Waals surface area (Å²) in [5, 5.41) is -0.401. The maximum absolute atomic E-state index is 11.5. The lowest BCUT2D eigenvalue weighted by molar-refractivity contribution is 0.0738. The third kappa shape index (κ3) is 4.06. The molecule has 0 aliphatic heterocycles. The Morgan fingerprint density at radius 1 is 1.31 bits per heavy atom. The van der Waals surface area contributed by atoms with Gasteiger partial charge >= 0.3 is 5.30 Å². The molecule has 0 amide bonds. The average Bonchev–Trinajstić information content (AvgIpc) is 2.15. The fourth-order valence-corrected chi connectivity index (χ4v) is 1.88. The molecule has 0 aliphatic carbocycles. The van der Waals surface area contributed by atoms with Gasteiger partial charge in [0.15, 0.2) is 6.29 Å². The van der Waals surface area contributed by atoms with Crippen LogP contribution in [0.2, 0.25) is 0 Å². The molecule has 16 heavy (non-hydrogen) atoms. The van der Waals surface area contributed by atoms with Gasteiger partial charge in [0.1, 0.15) is 5.60 Å². The van der Waals surface area contributed by atoms with E-state index in [0.717, 1.165) is 18.0 Å². The summed E-state index contributed by atoms with van der Waals surface area (Å²) in [6.45, 7) is 5.41. The van der Waals surface area contributed by atoms with E-state index in [1.54, 1.807) is 45.0 Å². The highest BCUT2D eigenvalue weighted by Gasteiger charge is 2.18. The number of aldehydes is 1. The van der Waals surface area contributed by atoms with Crippen molar-refractivity contribution >= 4 is 23.3 Å². The highest BCUT2D eigenvalue weighted by molar-refractivity contribution is 8.13. The van der Waals surface area contributed by atoms with Crippen molar-refractivity contribution in [3.05, 3.63) is 29.8 Å². The lowest BCUT2D eigenvalue weighted by Crippen LogP contribution is -2.21. The van der Waals surface area contributed by atoms with Crippen molar-refractivity contribution in [2.75, 3.05) is 0 Å². The maximum Gasteiger partial charge on any atom is 0.372 e. The quantitative estimate of drug-likeness (QED) is 0.449. The van der Waals surface area contributed by atoms with Gasteiger partial charge < -0.3 is 4.74 Å². The van der Waals surface area contributed by atoms with E-state index in [2.05, 4.69) is 0 Å². The highest BCUT2D eigenvalue weighted by atomic mass is 32.2. The smallest absolute Gasteiger partial charge is 0.372 e. The van der Waals surface area contributed by atoms with Crippen LogP contribution in [0.5, 0.6) is 0 Å². The van der Waals surface area contributed by atoms with Gasteiger partial charge in [-0.05, 0) is 38.6 Å². The summed E-state index contributed by atoms with van der Waals surface area (Å²) in [7, 11) is 0. The fraction of sp³-hybridized carbons (Fsp3) is 0.333. The summed E-state index contributed by atoms with van der Waals surface area (Å²) in [4.78, 5) is 22.9. The molecule has 3 nitrogen and oxygen atoms in total. The van der Waals surface area contributed by atoms with Crippen LogP contribution in [0.25, 0.3) is 0 Å². The summed E-state index contributed by atoms with van der Waals surface area (Å²) >= 11 is 0.929. The highest BCUT2D eigenvalue weighted by Crippen LogP contribution is 2.25. The van der Waals surface area contributed by atoms with Gasteiger partial charge in [-0.25, -0.2) is 4.79 Å². The Balaban J connectivity index is 2.73. The van der Waals surface area contributed by atoms with Crippen molar-refractivity contribution in [3.63, 3.8) is 0 Å². The van der Waals surface area contributed by atoms with E-state index < -0.39 is 10.9 Å². The molecular formula is C12H14O3S. The number of ether oxygens (including phenoxy) is 1. The summed E-state index contributed by atoms with van der Waals surface area (Å²) in [5.74, 6) is 0. The predicted molar refractivity (Wildman–Crippen MR) is 63.9 cm³/mol. The number of benzene rings is 1. The average molecular weight is 238 g/mol. The number of hydrogen-bond acceptors (Lipinski definition) is 4. The lowest BCUT2D eigenvalue weighted by atomic mass is 10.2. The SMILES string of the molecule is CC(C)(C)OC(=O)Sc1ccccc1C=O. The zero-order chi connectivity index (χ0) is 12.2. The monoisotopic (exact) mass is 238 g/mol. The van der Waals surface area contributed by atoms with Crippen molar-refractivity contribution in [1.29, 1.82) is 0 Å². The second-order valence-corrected chi connectivity index (χ2v) is 5.20. The van der Waals surface area contributed by atoms with Crippen LogP contribution in [-0.2, 0) is 4.74 Å². The Bertz CT molecular complexity index is 393. The minimum Gasteiger partial charge on any atom is -0.452 e. The Kier molecular flexibility index (Phi) is 4.12. The summed E-state index contributed by atoms with van der Waals surface area (Å²) < 4.78 is 5.15. The van der Waals surface area contributed by atoms with Crippen LogP contribution in [0.1, 0.15) is 31.1 Å². The summed E-state index contributed by atoms with van der Waals surface area (Å²) in [6.07, 6.45) is 0.729. The first-order chi connectivity index (χ1) is 7.42. The first-order valence-electron chi connectivity index (χ1n) is 4.87. The van der Waals surface area contributed by atoms with Crippen molar-refractivity contribution in [3.8, 4) is 0 Å². The van der Waals surface area contributed by atoms with Crippen LogP contribution in [-0.4, -0.2) is 17.2 Å². The van der Waals surface area contributed by atoms with Crippen molar-refractivity contribution in [1.82, 2.24) is 0 Å². The molecule has 0 atom stereocenters. The van der Waals surface area contributed by atoms with E-state index in [4.69, 9.17) is 4.74 Å². The minimum atomic E-state index is -0.514. The Hall–Kier alpha value is -1.29. The predicted octanol–water partition coefficient (Wildman–Crippen LogP) is 3.53. The molecule has 0 saturated heterocycles. The van der Waals surface area contributed by atoms with Gasteiger partial charge in [-0.2, -0.15) is 0 Å². The lowest BCUT2D eigenvalue weighted by Gasteiger charge is -2.18. The van der Waals surface area contributed by atoms with E-state index in [0.29, 0.717) is 10.5 Å². The van der Waals surface area contributed by atoms with E-state index in [1.165, 1.54) is 0 Å². The standard InChI is InChI=1S/C12H14O3S/c1-12(2,3)15-11(14)16-10-7-5-4-6-9(10)8-13/h4-8H,1-3H3. The van der Waals surface area contributed by atoms with Crippen LogP contribution in [0, 0.1) is 0 Å². The zero-order valence-corrected chi connectivity index (χ0v) is 10.3. The van der Waals surface area contributed by atoms with E-state index >= 15 is 0 Å². The molecule has 1 rings (SSSR count). The number of rotatable bonds is 2. The van der Waals surface area contributed by atoms with E-state index in [1.807, 2.05) is 0 Å². The Morgan fingerprint density at radius 3 is 2.50 bits per heavy atom. The van der Waals surface area contributed by atoms with Crippen molar-refractivity contribution < 1.29 is 14.3 Å². The third-order valence-electron chi connectivity index (χ3n) is 1.63. The third-order valence-corrected chi connectivity index (χ3v) is 2.47. The number of thioether (sulfide) groups is 1. The topological polar surface area (TPSA) is 43.4 Å². The van der Waals surface area contributed by atoms with Crippen molar-refractivity contribution in [2.45, 2.75) is 31.3 Å². The van der Waals surface area contributed by atoms with E-state index in [-0.39, 0.29) is 0 Å². The zero-order valence-electron chi connectivity index (χ0n) is 9.52. The first-order valence-corrected chi connectivity index (χ1v) is 5.69. The molecule has 1 aromatic carbocycles. The molecule has 0 unspecified atom stereocenters. The van der Waals surface area contributed by atoms with Gasteiger partial charge in [0.2, 0.25) is 0 Å². The second-order valence-electron chi connectivity index (χ2n) is 4.22. The molecule has 0 spiro atoms. The van der Waals surface area contributed by atoms with Gasteiger partial charge in [0, 0.05) is 10.5 Å². The normalized spacial score (nSPS) is 10.9. The molecule has 1 aromatic rings. The van der Waals surface area contributed by atoms with Gasteiger partial charge in [-0.3, -0.25) is 4.79 Å². The van der Waals surface area contributed by atoms with Gasteiger partial charge in [0.05, 0.1) is 0 Å². The first kappa shape index (κ1) is 12.8. The van der Waals surface area contributed by atoms with Crippen LogP contribution in [0.4, 0.5) is 4.79 Å². The molecular weight excluding hydrogens is 224 g/mol. The molecule has 0 radical (unpaired) electrons. The molecule has 0 aromatic heterocycles. The van der Waals surface area contributed by atoms with Gasteiger partial charge in [-0.1, -0.05) is 18.2 Å². The fourth-order valence-electron chi connectivity index (χ4n) is 1.03. The number of carbonyl (C=O) groups excluding carboxylic acids is 2. The van der Waals surface area contributed by atoms with Crippen LogP contribution < -0.4 is 0 Å². The van der Waals surface area contributed by atoms with Crippen LogP contribution in [0.15, 0.2) is 29.2 Å². The largest absolute Gasteiger partial charge is 0.452 e. The van der Waals surface area contributed by atoms with Crippen LogP contribution in [0.3, 0.4) is 0 Å². The second kappa shape index (κ2) is 5.16. The number of hydrogen-bond donors (Lipinski definition) is 0. The van der Waals surface area contributed by atoms with Crippen molar-refractivity contribution in [2.24, 2.45) is 0 Å². The molecule has 0 aliphatic rings. The molecule has 0 N–H and O–H groups in total. The molecule has 4 heteroatoms. The molecule has 0 fully saturated rings.